The molecule has 3 rings (SSSR count). The van der Waals surface area contributed by atoms with Crippen LogP contribution >= 0.6 is 11.6 Å². The molecule has 0 saturated heterocycles. The first-order valence-corrected chi connectivity index (χ1v) is 9.28. The number of nitrogens with zero attached hydrogens (tertiary/aromatic N) is 2. The Labute approximate surface area is 161 Å². The Balaban J connectivity index is 2.15. The molecule has 0 saturated carbocycles. The fourth-order valence-corrected chi connectivity index (χ4v) is 3.95. The van der Waals surface area contributed by atoms with Gasteiger partial charge < -0.3 is 0 Å². The van der Waals surface area contributed by atoms with Crippen LogP contribution in [0.5, 0.6) is 0 Å². The van der Waals surface area contributed by atoms with Crippen LogP contribution < -0.4 is 4.72 Å². The maximum atomic E-state index is 13.2. The summed E-state index contributed by atoms with van der Waals surface area (Å²) in [4.78, 5) is 13.4. The Morgan fingerprint density at radius 3 is 2.50 bits per heavy atom. The van der Waals surface area contributed by atoms with Crippen LogP contribution in [-0.4, -0.2) is 18.3 Å². The number of rotatable bonds is 4. The van der Waals surface area contributed by atoms with Crippen molar-refractivity contribution in [2.75, 3.05) is 4.72 Å². The zero-order valence-electron chi connectivity index (χ0n) is 13.6. The summed E-state index contributed by atoms with van der Waals surface area (Å²) in [5.41, 5.74) is -2.27. The van der Waals surface area contributed by atoms with E-state index in [1.54, 1.807) is 0 Å². The second kappa shape index (κ2) is 6.91. The van der Waals surface area contributed by atoms with E-state index in [1.165, 1.54) is 12.3 Å². The van der Waals surface area contributed by atoms with E-state index in [1.807, 2.05) is 0 Å². The van der Waals surface area contributed by atoms with Crippen LogP contribution in [0.15, 0.2) is 53.6 Å². The van der Waals surface area contributed by atoms with Gasteiger partial charge in [0, 0.05) is 22.7 Å². The number of halogens is 4. The second-order valence-electron chi connectivity index (χ2n) is 5.53. The minimum Gasteiger partial charge on any atom is -0.277 e. The van der Waals surface area contributed by atoms with Crippen molar-refractivity contribution in [1.29, 1.82) is 0 Å². The molecular formula is C16H9ClF3N3O4S. The highest BCUT2D eigenvalue weighted by molar-refractivity contribution is 7.92. The number of hydrogen-bond acceptors (Lipinski definition) is 5. The van der Waals surface area contributed by atoms with Crippen molar-refractivity contribution in [3.63, 3.8) is 0 Å². The summed E-state index contributed by atoms with van der Waals surface area (Å²) in [6, 6.07) is 6.97. The van der Waals surface area contributed by atoms with Crippen LogP contribution in [0, 0.1) is 10.1 Å². The molecular weight excluding hydrogens is 423 g/mol. The van der Waals surface area contributed by atoms with Crippen LogP contribution in [0.1, 0.15) is 5.56 Å². The van der Waals surface area contributed by atoms with Gasteiger partial charge in [-0.15, -0.1) is 0 Å². The average Bonchev–Trinajstić information content (AvgIpc) is 2.60. The Bertz CT molecular complexity index is 1200. The lowest BCUT2D eigenvalue weighted by molar-refractivity contribution is -0.387. The zero-order chi connectivity index (χ0) is 20.7. The number of fused-ring (bicyclic) bond motifs is 1. The fourth-order valence-electron chi connectivity index (χ4n) is 2.56. The number of pyridine rings is 1. The molecule has 0 bridgehead atoms. The molecule has 0 radical (unpaired) electrons. The van der Waals surface area contributed by atoms with Crippen LogP contribution in [0.2, 0.25) is 5.02 Å². The topological polar surface area (TPSA) is 102 Å². The van der Waals surface area contributed by atoms with Crippen molar-refractivity contribution in [1.82, 2.24) is 4.98 Å². The van der Waals surface area contributed by atoms with E-state index in [0.717, 1.165) is 30.3 Å². The predicted molar refractivity (Wildman–Crippen MR) is 95.7 cm³/mol. The van der Waals surface area contributed by atoms with Crippen LogP contribution in [0.25, 0.3) is 10.9 Å². The quantitative estimate of drug-likeness (QED) is 0.480. The van der Waals surface area contributed by atoms with Crippen LogP contribution in [-0.2, 0) is 16.2 Å². The van der Waals surface area contributed by atoms with Crippen molar-refractivity contribution >= 4 is 43.9 Å². The van der Waals surface area contributed by atoms with Gasteiger partial charge in [-0.05, 0) is 30.3 Å². The number of nitro groups is 1. The minimum absolute atomic E-state index is 0.0488. The van der Waals surface area contributed by atoms with Crippen molar-refractivity contribution < 1.29 is 26.5 Å². The molecule has 1 N–H and O–H groups in total. The zero-order valence-corrected chi connectivity index (χ0v) is 15.1. The molecule has 1 heterocycles. The lowest BCUT2D eigenvalue weighted by Crippen LogP contribution is -2.16. The van der Waals surface area contributed by atoms with Gasteiger partial charge in [0.15, 0.2) is 4.90 Å². The van der Waals surface area contributed by atoms with Gasteiger partial charge in [-0.3, -0.25) is 19.8 Å². The standard InChI is InChI=1S/C16H9ClF3N3O4S/c17-9-3-6-14(13(8-9)23(24)25)28(26,27)22-12-5-4-11(16(18,19)20)10-2-1-7-21-15(10)12/h1-8,22H. The lowest BCUT2D eigenvalue weighted by atomic mass is 10.1. The van der Waals surface area contributed by atoms with E-state index in [2.05, 4.69) is 9.71 Å². The molecule has 28 heavy (non-hydrogen) atoms. The van der Waals surface area contributed by atoms with E-state index in [9.17, 15) is 31.7 Å². The normalized spacial score (nSPS) is 12.1. The Morgan fingerprint density at radius 1 is 1.14 bits per heavy atom. The molecule has 1 aromatic heterocycles. The van der Waals surface area contributed by atoms with Gasteiger partial charge in [-0.25, -0.2) is 8.42 Å². The second-order valence-corrected chi connectivity index (χ2v) is 7.62. The first-order chi connectivity index (χ1) is 13.0. The number of hydrogen-bond donors (Lipinski definition) is 1. The summed E-state index contributed by atoms with van der Waals surface area (Å²) in [7, 11) is -4.52. The van der Waals surface area contributed by atoms with E-state index in [0.29, 0.717) is 6.07 Å². The van der Waals surface area contributed by atoms with Gasteiger partial charge in [0.05, 0.1) is 21.7 Å². The molecule has 0 atom stereocenters. The highest BCUT2D eigenvalue weighted by Gasteiger charge is 2.34. The number of sulfonamides is 1. The largest absolute Gasteiger partial charge is 0.417 e. The number of anilines is 1. The highest BCUT2D eigenvalue weighted by Crippen LogP contribution is 2.37. The van der Waals surface area contributed by atoms with Gasteiger partial charge >= 0.3 is 6.18 Å². The summed E-state index contributed by atoms with van der Waals surface area (Å²) in [5, 5.41) is 10.8. The third-order valence-electron chi connectivity index (χ3n) is 3.73. The molecule has 7 nitrogen and oxygen atoms in total. The first kappa shape index (κ1) is 19.8. The summed E-state index contributed by atoms with van der Waals surface area (Å²) < 4.78 is 66.9. The smallest absolute Gasteiger partial charge is 0.277 e. The van der Waals surface area contributed by atoms with Gasteiger partial charge in [-0.1, -0.05) is 17.7 Å². The molecule has 0 amide bonds. The SMILES string of the molecule is O=[N+]([O-])c1cc(Cl)ccc1S(=O)(=O)Nc1ccc(C(F)(F)F)c2cccnc12. The molecule has 0 unspecified atom stereocenters. The molecule has 3 aromatic rings. The monoisotopic (exact) mass is 431 g/mol. The summed E-state index contributed by atoms with van der Waals surface area (Å²) in [6.07, 6.45) is -3.47. The number of nitrogens with one attached hydrogen (secondary N) is 1. The molecule has 12 heteroatoms. The summed E-state index contributed by atoms with van der Waals surface area (Å²) in [5.74, 6) is 0. The molecule has 0 spiro atoms. The number of alkyl halides is 3. The number of nitro benzene ring substituents is 1. The fraction of sp³-hybridized carbons (Fsp3) is 0.0625. The van der Waals surface area contributed by atoms with Crippen LogP contribution in [0.3, 0.4) is 0 Å². The molecule has 0 aliphatic rings. The molecule has 0 aliphatic carbocycles. The Hall–Kier alpha value is -2.92. The van der Waals surface area contributed by atoms with Gasteiger partial charge in [-0.2, -0.15) is 13.2 Å². The molecule has 2 aromatic carbocycles. The molecule has 0 aliphatic heterocycles. The van der Waals surface area contributed by atoms with Crippen molar-refractivity contribution in [2.45, 2.75) is 11.1 Å². The predicted octanol–water partition coefficient (Wildman–Crippen LogP) is 4.62. The average molecular weight is 432 g/mol. The third-order valence-corrected chi connectivity index (χ3v) is 5.37. The molecule has 0 fully saturated rings. The third kappa shape index (κ3) is 3.71. The van der Waals surface area contributed by atoms with Gasteiger partial charge in [0.1, 0.15) is 0 Å². The summed E-state index contributed by atoms with van der Waals surface area (Å²) in [6.45, 7) is 0. The Kier molecular flexibility index (Phi) is 4.90. The van der Waals surface area contributed by atoms with Gasteiger partial charge in [0.2, 0.25) is 0 Å². The van der Waals surface area contributed by atoms with E-state index >= 15 is 0 Å². The van der Waals surface area contributed by atoms with Crippen molar-refractivity contribution in [2.24, 2.45) is 0 Å². The number of benzene rings is 2. The highest BCUT2D eigenvalue weighted by atomic mass is 35.5. The minimum atomic E-state index is -4.67. The van der Waals surface area contributed by atoms with Crippen molar-refractivity contribution in [3.8, 4) is 0 Å². The maximum Gasteiger partial charge on any atom is 0.417 e. The van der Waals surface area contributed by atoms with Crippen molar-refractivity contribution in [3.05, 3.63) is 69.4 Å². The maximum absolute atomic E-state index is 13.2. The Morgan fingerprint density at radius 2 is 1.86 bits per heavy atom. The number of aromatic nitrogens is 1. The van der Waals surface area contributed by atoms with E-state index in [4.69, 9.17) is 11.6 Å². The molecule has 146 valence electrons. The summed E-state index contributed by atoms with van der Waals surface area (Å²) >= 11 is 5.67. The lowest BCUT2D eigenvalue weighted by Gasteiger charge is -2.14. The van der Waals surface area contributed by atoms with E-state index < -0.39 is 37.3 Å². The first-order valence-electron chi connectivity index (χ1n) is 7.42. The van der Waals surface area contributed by atoms with Gasteiger partial charge in [0.25, 0.3) is 15.7 Å². The van der Waals surface area contributed by atoms with E-state index in [-0.39, 0.29) is 21.6 Å². The van der Waals surface area contributed by atoms with Crippen LogP contribution in [0.4, 0.5) is 24.5 Å².